The standard InChI is InChI=1S/C19H24FN3O3.ClH/c1-26-19(25)17(23-18(24)15-4-2-3-11(15)9-21)7-12-10-22-16-8-13(20)5-6-14(12)16;/h5-6,8,10-11,15,17,22H,2-4,7,9,21H2,1H3,(H,23,24);1H/t11-,15-,17?;/m1./s1. The molecule has 0 radical (unpaired) electrons. The Labute approximate surface area is 163 Å². The van der Waals surface area contributed by atoms with Crippen LogP contribution in [0.4, 0.5) is 4.39 Å². The summed E-state index contributed by atoms with van der Waals surface area (Å²) in [5.41, 5.74) is 7.22. The molecule has 1 amide bonds. The molecule has 0 bridgehead atoms. The minimum Gasteiger partial charge on any atom is -0.467 e. The third-order valence-electron chi connectivity index (χ3n) is 5.25. The Bertz CT molecular complexity index is 811. The van der Waals surface area contributed by atoms with E-state index in [4.69, 9.17) is 10.5 Å². The lowest BCUT2D eigenvalue weighted by Gasteiger charge is -2.22. The zero-order valence-corrected chi connectivity index (χ0v) is 16.0. The molecular weight excluding hydrogens is 373 g/mol. The molecule has 3 rings (SSSR count). The fraction of sp³-hybridized carbons (Fsp3) is 0.474. The van der Waals surface area contributed by atoms with Crippen molar-refractivity contribution in [2.75, 3.05) is 13.7 Å². The first kappa shape index (κ1) is 21.2. The Morgan fingerprint density at radius 3 is 2.89 bits per heavy atom. The quantitative estimate of drug-likeness (QED) is 0.651. The van der Waals surface area contributed by atoms with Gasteiger partial charge >= 0.3 is 5.97 Å². The van der Waals surface area contributed by atoms with Gasteiger partial charge in [0.1, 0.15) is 11.9 Å². The number of benzene rings is 1. The second kappa shape index (κ2) is 9.19. The number of carbonyl (C=O) groups is 2. The summed E-state index contributed by atoms with van der Waals surface area (Å²) in [5, 5.41) is 3.65. The van der Waals surface area contributed by atoms with Gasteiger partial charge in [0, 0.05) is 29.4 Å². The van der Waals surface area contributed by atoms with E-state index in [-0.39, 0.29) is 42.4 Å². The molecule has 0 saturated heterocycles. The zero-order chi connectivity index (χ0) is 18.7. The number of esters is 1. The molecule has 2 aromatic rings. The molecule has 0 spiro atoms. The number of fused-ring (bicyclic) bond motifs is 1. The van der Waals surface area contributed by atoms with Crippen LogP contribution in [0.5, 0.6) is 0 Å². The molecule has 8 heteroatoms. The van der Waals surface area contributed by atoms with E-state index in [1.807, 2.05) is 0 Å². The number of carbonyl (C=O) groups excluding carboxylic acids is 2. The van der Waals surface area contributed by atoms with Crippen LogP contribution in [0.15, 0.2) is 24.4 Å². The molecular formula is C19H25ClFN3O3. The third kappa shape index (κ3) is 4.59. The van der Waals surface area contributed by atoms with Crippen molar-refractivity contribution in [3.63, 3.8) is 0 Å². The van der Waals surface area contributed by atoms with Crippen LogP contribution < -0.4 is 11.1 Å². The number of ether oxygens (including phenoxy) is 1. The van der Waals surface area contributed by atoms with Crippen LogP contribution in [0.1, 0.15) is 24.8 Å². The highest BCUT2D eigenvalue weighted by Crippen LogP contribution is 2.31. The number of methoxy groups -OCH3 is 1. The van der Waals surface area contributed by atoms with Gasteiger partial charge in [-0.1, -0.05) is 6.42 Å². The lowest BCUT2D eigenvalue weighted by Crippen LogP contribution is -2.46. The summed E-state index contributed by atoms with van der Waals surface area (Å²) in [7, 11) is 1.30. The monoisotopic (exact) mass is 397 g/mol. The first-order valence-electron chi connectivity index (χ1n) is 8.87. The second-order valence-corrected chi connectivity index (χ2v) is 6.83. The highest BCUT2D eigenvalue weighted by molar-refractivity contribution is 5.88. The lowest BCUT2D eigenvalue weighted by atomic mass is 9.94. The summed E-state index contributed by atoms with van der Waals surface area (Å²) in [6.45, 7) is 0.467. The molecule has 1 saturated carbocycles. The van der Waals surface area contributed by atoms with Crippen molar-refractivity contribution < 1.29 is 18.7 Å². The Morgan fingerprint density at radius 2 is 2.19 bits per heavy atom. The predicted octanol–water partition coefficient (Wildman–Crippen LogP) is 2.30. The van der Waals surface area contributed by atoms with E-state index >= 15 is 0 Å². The van der Waals surface area contributed by atoms with E-state index < -0.39 is 12.0 Å². The van der Waals surface area contributed by atoms with E-state index in [9.17, 15) is 14.0 Å². The van der Waals surface area contributed by atoms with Gasteiger partial charge in [-0.05, 0) is 49.1 Å². The Balaban J connectivity index is 0.00000261. The van der Waals surface area contributed by atoms with Crippen LogP contribution in [-0.2, 0) is 20.7 Å². The molecule has 1 fully saturated rings. The Morgan fingerprint density at radius 1 is 1.41 bits per heavy atom. The van der Waals surface area contributed by atoms with Crippen molar-refractivity contribution in [2.24, 2.45) is 17.6 Å². The summed E-state index contributed by atoms with van der Waals surface area (Å²) in [6.07, 6.45) is 4.69. The molecule has 3 atom stereocenters. The van der Waals surface area contributed by atoms with Gasteiger partial charge in [-0.3, -0.25) is 4.79 Å². The van der Waals surface area contributed by atoms with E-state index in [0.29, 0.717) is 12.1 Å². The Hall–Kier alpha value is -2.12. The maximum atomic E-state index is 13.3. The van der Waals surface area contributed by atoms with E-state index in [1.165, 1.54) is 19.2 Å². The second-order valence-electron chi connectivity index (χ2n) is 6.83. The van der Waals surface area contributed by atoms with Crippen LogP contribution >= 0.6 is 12.4 Å². The van der Waals surface area contributed by atoms with E-state index in [0.717, 1.165) is 30.2 Å². The summed E-state index contributed by atoms with van der Waals surface area (Å²) < 4.78 is 18.2. The number of halogens is 2. The molecule has 1 heterocycles. The van der Waals surface area contributed by atoms with Crippen molar-refractivity contribution in [1.29, 1.82) is 0 Å². The van der Waals surface area contributed by atoms with E-state index in [1.54, 1.807) is 12.3 Å². The normalized spacial score (nSPS) is 20.1. The van der Waals surface area contributed by atoms with Crippen LogP contribution in [0.2, 0.25) is 0 Å². The molecule has 6 nitrogen and oxygen atoms in total. The van der Waals surface area contributed by atoms with Gasteiger partial charge in [0.05, 0.1) is 7.11 Å². The minimum atomic E-state index is -0.796. The topological polar surface area (TPSA) is 97.2 Å². The average molecular weight is 398 g/mol. The highest BCUT2D eigenvalue weighted by Gasteiger charge is 2.34. The molecule has 1 aromatic carbocycles. The van der Waals surface area contributed by atoms with Gasteiger partial charge in [0.15, 0.2) is 0 Å². The third-order valence-corrected chi connectivity index (χ3v) is 5.25. The van der Waals surface area contributed by atoms with Crippen molar-refractivity contribution in [3.8, 4) is 0 Å². The number of H-pyrrole nitrogens is 1. The number of aromatic amines is 1. The summed E-state index contributed by atoms with van der Waals surface area (Å²) in [5.74, 6) is -0.997. The molecule has 1 aromatic heterocycles. The van der Waals surface area contributed by atoms with E-state index in [2.05, 4.69) is 10.3 Å². The number of amides is 1. The minimum absolute atomic E-state index is 0. The molecule has 27 heavy (non-hydrogen) atoms. The van der Waals surface area contributed by atoms with Crippen LogP contribution in [0.25, 0.3) is 10.9 Å². The largest absolute Gasteiger partial charge is 0.467 e. The van der Waals surface area contributed by atoms with Gasteiger partial charge in [-0.2, -0.15) is 0 Å². The number of hydrogen-bond acceptors (Lipinski definition) is 4. The number of hydrogen-bond donors (Lipinski definition) is 3. The maximum Gasteiger partial charge on any atom is 0.328 e. The van der Waals surface area contributed by atoms with Gasteiger partial charge < -0.3 is 20.8 Å². The van der Waals surface area contributed by atoms with Gasteiger partial charge in [-0.15, -0.1) is 12.4 Å². The summed E-state index contributed by atoms with van der Waals surface area (Å²) in [6, 6.07) is 3.63. The molecule has 1 unspecified atom stereocenters. The SMILES string of the molecule is COC(=O)C(Cc1c[nH]c2cc(F)ccc12)NC(=O)[C@@H]1CCC[C@@H]1CN.Cl. The predicted molar refractivity (Wildman–Crippen MR) is 103 cm³/mol. The lowest BCUT2D eigenvalue weighted by molar-refractivity contribution is -0.145. The number of rotatable bonds is 6. The molecule has 0 aliphatic heterocycles. The average Bonchev–Trinajstić information content (AvgIpc) is 3.27. The Kier molecular flexibility index (Phi) is 7.21. The van der Waals surface area contributed by atoms with Crippen molar-refractivity contribution in [2.45, 2.75) is 31.7 Å². The fourth-order valence-corrected chi connectivity index (χ4v) is 3.83. The first-order valence-corrected chi connectivity index (χ1v) is 8.87. The molecule has 1 aliphatic rings. The van der Waals surface area contributed by atoms with Crippen molar-refractivity contribution >= 4 is 35.2 Å². The van der Waals surface area contributed by atoms with Crippen LogP contribution in [0, 0.1) is 17.7 Å². The number of aromatic nitrogens is 1. The number of nitrogens with one attached hydrogen (secondary N) is 2. The molecule has 1 aliphatic carbocycles. The molecule has 148 valence electrons. The summed E-state index contributed by atoms with van der Waals surface area (Å²) in [4.78, 5) is 27.8. The van der Waals surface area contributed by atoms with Crippen molar-refractivity contribution in [1.82, 2.24) is 10.3 Å². The fourth-order valence-electron chi connectivity index (χ4n) is 3.83. The smallest absolute Gasteiger partial charge is 0.328 e. The maximum absolute atomic E-state index is 13.3. The van der Waals surface area contributed by atoms with Crippen LogP contribution in [-0.4, -0.2) is 36.6 Å². The van der Waals surface area contributed by atoms with Gasteiger partial charge in [-0.25, -0.2) is 9.18 Å². The van der Waals surface area contributed by atoms with Gasteiger partial charge in [0.2, 0.25) is 5.91 Å². The number of nitrogens with two attached hydrogens (primary N) is 1. The summed E-state index contributed by atoms with van der Waals surface area (Å²) >= 11 is 0. The van der Waals surface area contributed by atoms with Gasteiger partial charge in [0.25, 0.3) is 0 Å². The van der Waals surface area contributed by atoms with Crippen LogP contribution in [0.3, 0.4) is 0 Å². The highest BCUT2D eigenvalue weighted by atomic mass is 35.5. The zero-order valence-electron chi connectivity index (χ0n) is 15.2. The first-order chi connectivity index (χ1) is 12.5. The molecule has 4 N–H and O–H groups in total. The van der Waals surface area contributed by atoms with Crippen molar-refractivity contribution in [3.05, 3.63) is 35.8 Å².